The minimum atomic E-state index is -0.00658. The molecule has 0 unspecified atom stereocenters. The van der Waals surface area contributed by atoms with Crippen molar-refractivity contribution in [1.29, 1.82) is 0 Å². The number of nitrogens with zero attached hydrogens (tertiary/aromatic N) is 2. The van der Waals surface area contributed by atoms with Gasteiger partial charge in [0, 0.05) is 36.3 Å². The van der Waals surface area contributed by atoms with Crippen molar-refractivity contribution in [3.8, 4) is 0 Å². The summed E-state index contributed by atoms with van der Waals surface area (Å²) >= 11 is 1.62. The topological polar surface area (TPSA) is 59.2 Å². The highest BCUT2D eigenvalue weighted by atomic mass is 35.5. The van der Waals surface area contributed by atoms with E-state index in [1.807, 2.05) is 28.5 Å². The second kappa shape index (κ2) is 7.83. The molecule has 130 valence electrons. The van der Waals surface area contributed by atoms with E-state index < -0.39 is 0 Å². The lowest BCUT2D eigenvalue weighted by molar-refractivity contribution is 0.0784. The van der Waals surface area contributed by atoms with Crippen LogP contribution < -0.4 is 5.73 Å². The van der Waals surface area contributed by atoms with Gasteiger partial charge in [-0.25, -0.2) is 4.98 Å². The fraction of sp³-hybridized carbons (Fsp3) is 0.412. The van der Waals surface area contributed by atoms with Gasteiger partial charge < -0.3 is 10.6 Å². The number of benzene rings is 1. The lowest BCUT2D eigenvalue weighted by Gasteiger charge is -2.15. The van der Waals surface area contributed by atoms with Gasteiger partial charge in [-0.3, -0.25) is 4.79 Å². The minimum absolute atomic E-state index is 0. The molecular weight excluding hydrogens is 365 g/mol. The second-order valence-corrected chi connectivity index (χ2v) is 7.13. The van der Waals surface area contributed by atoms with E-state index in [0.29, 0.717) is 24.7 Å². The second-order valence-electron chi connectivity index (χ2n) is 6.24. The Morgan fingerprint density at radius 3 is 2.54 bits per heavy atom. The molecule has 1 aromatic carbocycles. The van der Waals surface area contributed by atoms with Gasteiger partial charge in [0.05, 0.1) is 5.01 Å². The molecule has 2 N–H and O–H groups in total. The van der Waals surface area contributed by atoms with Gasteiger partial charge in [0.2, 0.25) is 0 Å². The number of thiazole rings is 1. The van der Waals surface area contributed by atoms with Gasteiger partial charge in [0.25, 0.3) is 5.91 Å². The maximum atomic E-state index is 12.6. The maximum Gasteiger partial charge on any atom is 0.273 e. The number of rotatable bonds is 3. The predicted molar refractivity (Wildman–Crippen MR) is 102 cm³/mol. The third-order valence-corrected chi connectivity index (χ3v) is 5.55. The first-order valence-electron chi connectivity index (χ1n) is 7.77. The molecule has 0 bridgehead atoms. The zero-order chi connectivity index (χ0) is 15.1. The van der Waals surface area contributed by atoms with Crippen LogP contribution in [0.1, 0.15) is 45.7 Å². The summed E-state index contributed by atoms with van der Waals surface area (Å²) in [6, 6.07) is 10.2. The fourth-order valence-electron chi connectivity index (χ4n) is 3.11. The van der Waals surface area contributed by atoms with Crippen LogP contribution in [-0.4, -0.2) is 34.9 Å². The van der Waals surface area contributed by atoms with E-state index in [4.69, 9.17) is 5.73 Å². The number of aromatic nitrogens is 1. The van der Waals surface area contributed by atoms with Crippen LogP contribution in [0.15, 0.2) is 35.7 Å². The van der Waals surface area contributed by atoms with Crippen molar-refractivity contribution >= 4 is 42.1 Å². The number of halogens is 2. The van der Waals surface area contributed by atoms with Crippen molar-refractivity contribution in [2.45, 2.75) is 30.7 Å². The number of hydrogen-bond donors (Lipinski definition) is 1. The van der Waals surface area contributed by atoms with Crippen molar-refractivity contribution < 1.29 is 4.79 Å². The molecule has 2 fully saturated rings. The van der Waals surface area contributed by atoms with Gasteiger partial charge >= 0.3 is 0 Å². The normalized spacial score (nSPS) is 22.6. The molecule has 2 aromatic rings. The molecule has 2 heterocycles. The molecule has 1 aliphatic heterocycles. The third-order valence-electron chi connectivity index (χ3n) is 4.55. The smallest absolute Gasteiger partial charge is 0.273 e. The molecule has 1 saturated heterocycles. The summed E-state index contributed by atoms with van der Waals surface area (Å²) in [6.45, 7) is 1.29. The van der Waals surface area contributed by atoms with E-state index in [2.05, 4.69) is 17.1 Å². The summed E-state index contributed by atoms with van der Waals surface area (Å²) in [7, 11) is 0. The molecule has 1 saturated carbocycles. The molecule has 4 rings (SSSR count). The van der Waals surface area contributed by atoms with Crippen LogP contribution in [0.3, 0.4) is 0 Å². The van der Waals surface area contributed by atoms with Crippen LogP contribution in [0.5, 0.6) is 0 Å². The lowest BCUT2D eigenvalue weighted by atomic mass is 9.95. The van der Waals surface area contributed by atoms with E-state index >= 15 is 0 Å². The maximum absolute atomic E-state index is 12.6. The van der Waals surface area contributed by atoms with Crippen LogP contribution in [0.2, 0.25) is 0 Å². The van der Waals surface area contributed by atoms with Crippen LogP contribution in [0.4, 0.5) is 0 Å². The van der Waals surface area contributed by atoms with Crippen molar-refractivity contribution in [3.05, 3.63) is 52.0 Å². The minimum Gasteiger partial charge on any atom is -0.335 e. The van der Waals surface area contributed by atoms with Crippen LogP contribution >= 0.6 is 36.2 Å². The SMILES string of the molecule is Cl.Cl.N[C@@H]1CN(C(=O)c2csc(C3CC3)n2)C[C@H]1c1ccccc1. The van der Waals surface area contributed by atoms with Gasteiger partial charge in [0.15, 0.2) is 0 Å². The number of likely N-dealkylation sites (tertiary alicyclic amines) is 1. The van der Waals surface area contributed by atoms with E-state index in [1.54, 1.807) is 11.3 Å². The molecule has 0 spiro atoms. The van der Waals surface area contributed by atoms with Gasteiger partial charge in [0.1, 0.15) is 5.69 Å². The molecule has 1 amide bonds. The Morgan fingerprint density at radius 2 is 1.88 bits per heavy atom. The quantitative estimate of drug-likeness (QED) is 0.879. The summed E-state index contributed by atoms with van der Waals surface area (Å²) in [5, 5.41) is 3.02. The van der Waals surface area contributed by atoms with Crippen LogP contribution in [0, 0.1) is 0 Å². The van der Waals surface area contributed by atoms with Crippen LogP contribution in [0.25, 0.3) is 0 Å². The van der Waals surface area contributed by atoms with Crippen LogP contribution in [-0.2, 0) is 0 Å². The lowest BCUT2D eigenvalue weighted by Crippen LogP contribution is -2.32. The predicted octanol–water partition coefficient (Wildman–Crippen LogP) is 3.43. The Balaban J connectivity index is 0.00000104. The Kier molecular flexibility index (Phi) is 6.26. The van der Waals surface area contributed by atoms with Crippen molar-refractivity contribution in [2.75, 3.05) is 13.1 Å². The van der Waals surface area contributed by atoms with Crippen molar-refractivity contribution in [1.82, 2.24) is 9.88 Å². The van der Waals surface area contributed by atoms with E-state index in [1.165, 1.54) is 18.4 Å². The summed E-state index contributed by atoms with van der Waals surface area (Å²) < 4.78 is 0. The molecule has 1 aliphatic carbocycles. The Bertz CT molecular complexity index is 690. The summed E-state index contributed by atoms with van der Waals surface area (Å²) in [4.78, 5) is 19.0. The zero-order valence-electron chi connectivity index (χ0n) is 13.1. The molecular formula is C17H21Cl2N3OS. The van der Waals surface area contributed by atoms with Gasteiger partial charge in [-0.15, -0.1) is 36.2 Å². The largest absolute Gasteiger partial charge is 0.335 e. The highest BCUT2D eigenvalue weighted by Gasteiger charge is 2.35. The summed E-state index contributed by atoms with van der Waals surface area (Å²) in [5.41, 5.74) is 8.07. The highest BCUT2D eigenvalue weighted by molar-refractivity contribution is 7.10. The van der Waals surface area contributed by atoms with E-state index in [-0.39, 0.29) is 42.7 Å². The first-order chi connectivity index (χ1) is 10.7. The van der Waals surface area contributed by atoms with Gasteiger partial charge in [-0.2, -0.15) is 0 Å². The zero-order valence-corrected chi connectivity index (χ0v) is 15.6. The number of hydrogen-bond acceptors (Lipinski definition) is 4. The monoisotopic (exact) mass is 385 g/mol. The Morgan fingerprint density at radius 1 is 1.17 bits per heavy atom. The average Bonchev–Trinajstić information content (AvgIpc) is 3.15. The average molecular weight is 386 g/mol. The molecule has 1 aromatic heterocycles. The number of carbonyl (C=O) groups is 1. The molecule has 0 radical (unpaired) electrons. The third kappa shape index (κ3) is 3.75. The Hall–Kier alpha value is -1.14. The molecule has 2 aliphatic rings. The summed E-state index contributed by atoms with van der Waals surface area (Å²) in [6.07, 6.45) is 2.43. The first kappa shape index (κ1) is 19.2. The highest BCUT2D eigenvalue weighted by Crippen LogP contribution is 2.41. The van der Waals surface area contributed by atoms with Gasteiger partial charge in [-0.05, 0) is 18.4 Å². The van der Waals surface area contributed by atoms with Crippen molar-refractivity contribution in [2.24, 2.45) is 5.73 Å². The number of carbonyl (C=O) groups excluding carboxylic acids is 1. The molecule has 4 nitrogen and oxygen atoms in total. The van der Waals surface area contributed by atoms with Crippen molar-refractivity contribution in [3.63, 3.8) is 0 Å². The molecule has 2 atom stereocenters. The number of amides is 1. The fourth-order valence-corrected chi connectivity index (χ4v) is 4.08. The Labute approximate surface area is 158 Å². The van der Waals surface area contributed by atoms with Gasteiger partial charge in [-0.1, -0.05) is 30.3 Å². The molecule has 7 heteroatoms. The summed E-state index contributed by atoms with van der Waals surface area (Å²) in [5.74, 6) is 0.841. The molecule has 24 heavy (non-hydrogen) atoms. The van der Waals surface area contributed by atoms with E-state index in [0.717, 1.165) is 5.01 Å². The number of nitrogens with two attached hydrogens (primary N) is 1. The first-order valence-corrected chi connectivity index (χ1v) is 8.65. The standard InChI is InChI=1S/C17H19N3OS.2ClH/c18-14-9-20(8-13(14)11-4-2-1-3-5-11)17(21)15-10-22-16(19-15)12-6-7-12;;/h1-5,10,12-14H,6-9,18H2;2*1H/t13-,14+;;/m0../s1. The van der Waals surface area contributed by atoms with E-state index in [9.17, 15) is 4.79 Å².